The first kappa shape index (κ1) is 16.5. The monoisotopic (exact) mass is 358 g/mol. The summed E-state index contributed by atoms with van der Waals surface area (Å²) >= 11 is 6.05. The van der Waals surface area contributed by atoms with Crippen LogP contribution < -0.4 is 10.4 Å². The fraction of sp³-hybridized carbons (Fsp3) is 0.0435. The third-order valence-electron chi connectivity index (χ3n) is 4.37. The van der Waals surface area contributed by atoms with Crippen molar-refractivity contribution in [3.63, 3.8) is 0 Å². The molecule has 3 heteroatoms. The van der Waals surface area contributed by atoms with E-state index in [4.69, 9.17) is 11.6 Å². The molecule has 0 aromatic heterocycles. The lowest BCUT2D eigenvalue weighted by Gasteiger charge is -2.27. The maximum absolute atomic E-state index is 6.05. The molecule has 0 bridgehead atoms. The Labute approximate surface area is 159 Å². The van der Waals surface area contributed by atoms with Crippen LogP contribution >= 0.6 is 11.6 Å². The van der Waals surface area contributed by atoms with Crippen molar-refractivity contribution in [1.82, 2.24) is 5.43 Å². The minimum absolute atomic E-state index is 0.118. The number of anilines is 1. The van der Waals surface area contributed by atoms with Gasteiger partial charge in [0.25, 0.3) is 0 Å². The molecule has 0 radical (unpaired) electrons. The summed E-state index contributed by atoms with van der Waals surface area (Å²) in [6.07, 6.45) is 6.47. The van der Waals surface area contributed by atoms with Crippen LogP contribution in [0.3, 0.4) is 0 Å². The molecule has 3 aromatic rings. The summed E-state index contributed by atoms with van der Waals surface area (Å²) in [5.74, 6) is 0. The molecule has 1 atom stereocenters. The molecule has 2 nitrogen and oxygen atoms in total. The van der Waals surface area contributed by atoms with Crippen LogP contribution in [0.1, 0.15) is 17.2 Å². The molecule has 0 unspecified atom stereocenters. The molecule has 3 aromatic carbocycles. The highest BCUT2D eigenvalue weighted by Gasteiger charge is 2.25. The van der Waals surface area contributed by atoms with Crippen molar-refractivity contribution in [3.05, 3.63) is 119 Å². The van der Waals surface area contributed by atoms with Crippen molar-refractivity contribution < 1.29 is 0 Å². The molecule has 0 spiro atoms. The Hall–Kier alpha value is -2.97. The predicted octanol–water partition coefficient (Wildman–Crippen LogP) is 6.00. The Kier molecular flexibility index (Phi) is 4.76. The SMILES string of the molecule is Clc1ccc(N2NC(/C=C/c3ccccc3)=C[C@@H]2c2ccccc2)cc1. The standard InChI is InChI=1S/C23H19ClN2/c24-20-12-15-22(16-13-20)26-23(19-9-5-2-6-10-19)17-21(25-26)14-11-18-7-3-1-4-8-18/h1-17,23,25H/b14-11+/t23-/m1/s1. The van der Waals surface area contributed by atoms with Gasteiger partial charge in [-0.25, -0.2) is 0 Å². The van der Waals surface area contributed by atoms with Gasteiger partial charge in [0.2, 0.25) is 0 Å². The van der Waals surface area contributed by atoms with Gasteiger partial charge in [-0.1, -0.05) is 78.3 Å². The van der Waals surface area contributed by atoms with E-state index in [-0.39, 0.29) is 6.04 Å². The first-order chi connectivity index (χ1) is 12.8. The Morgan fingerprint density at radius 3 is 2.12 bits per heavy atom. The summed E-state index contributed by atoms with van der Waals surface area (Å²) in [6, 6.07) is 28.8. The van der Waals surface area contributed by atoms with Gasteiger partial charge in [-0.2, -0.15) is 0 Å². The number of nitrogens with zero attached hydrogens (tertiary/aromatic N) is 1. The van der Waals surface area contributed by atoms with Crippen LogP contribution in [0.2, 0.25) is 5.02 Å². The van der Waals surface area contributed by atoms with Crippen LogP contribution in [0.5, 0.6) is 0 Å². The van der Waals surface area contributed by atoms with Gasteiger partial charge in [0.15, 0.2) is 0 Å². The van der Waals surface area contributed by atoms with E-state index in [2.05, 4.69) is 65.1 Å². The second-order valence-electron chi connectivity index (χ2n) is 6.18. The van der Waals surface area contributed by atoms with E-state index in [0.29, 0.717) is 0 Å². The van der Waals surface area contributed by atoms with Crippen LogP contribution in [-0.2, 0) is 0 Å². The van der Waals surface area contributed by atoms with Crippen LogP contribution in [0.15, 0.2) is 103 Å². The highest BCUT2D eigenvalue weighted by molar-refractivity contribution is 6.30. The molecular formula is C23H19ClN2. The smallest absolute Gasteiger partial charge is 0.0958 e. The Morgan fingerprint density at radius 1 is 0.769 bits per heavy atom. The minimum atomic E-state index is 0.118. The van der Waals surface area contributed by atoms with Gasteiger partial charge in [-0.15, -0.1) is 0 Å². The van der Waals surface area contributed by atoms with Gasteiger partial charge in [-0.3, -0.25) is 10.4 Å². The third-order valence-corrected chi connectivity index (χ3v) is 4.62. The fourth-order valence-electron chi connectivity index (χ4n) is 3.06. The molecule has 0 saturated carbocycles. The normalized spacial score (nSPS) is 16.6. The van der Waals surface area contributed by atoms with E-state index in [1.807, 2.05) is 48.5 Å². The molecule has 4 rings (SSSR count). The first-order valence-corrected chi connectivity index (χ1v) is 8.99. The Morgan fingerprint density at radius 2 is 1.42 bits per heavy atom. The van der Waals surface area contributed by atoms with Crippen LogP contribution in [-0.4, -0.2) is 0 Å². The summed E-state index contributed by atoms with van der Waals surface area (Å²) in [6.45, 7) is 0. The summed E-state index contributed by atoms with van der Waals surface area (Å²) in [4.78, 5) is 0. The van der Waals surface area contributed by atoms with Crippen molar-refractivity contribution in [2.75, 3.05) is 5.01 Å². The van der Waals surface area contributed by atoms with E-state index < -0.39 is 0 Å². The largest absolute Gasteiger partial charge is 0.298 e. The lowest BCUT2D eigenvalue weighted by atomic mass is 10.1. The molecule has 1 heterocycles. The second-order valence-corrected chi connectivity index (χ2v) is 6.62. The van der Waals surface area contributed by atoms with E-state index in [0.717, 1.165) is 16.4 Å². The quantitative estimate of drug-likeness (QED) is 0.615. The number of hydrogen-bond donors (Lipinski definition) is 1. The summed E-state index contributed by atoms with van der Waals surface area (Å²) in [5, 5.41) is 2.90. The molecule has 26 heavy (non-hydrogen) atoms. The number of allylic oxidation sites excluding steroid dienone is 1. The van der Waals surface area contributed by atoms with E-state index in [1.54, 1.807) is 0 Å². The molecule has 1 aliphatic rings. The van der Waals surface area contributed by atoms with Gasteiger partial charge in [0.1, 0.15) is 0 Å². The average Bonchev–Trinajstić information content (AvgIpc) is 3.13. The molecule has 128 valence electrons. The third kappa shape index (κ3) is 3.66. The van der Waals surface area contributed by atoms with E-state index >= 15 is 0 Å². The zero-order valence-corrected chi connectivity index (χ0v) is 15.0. The zero-order chi connectivity index (χ0) is 17.8. The van der Waals surface area contributed by atoms with Crippen LogP contribution in [0.4, 0.5) is 5.69 Å². The fourth-order valence-corrected chi connectivity index (χ4v) is 3.18. The lowest BCUT2D eigenvalue weighted by Crippen LogP contribution is -2.33. The van der Waals surface area contributed by atoms with Crippen molar-refractivity contribution in [1.29, 1.82) is 0 Å². The summed E-state index contributed by atoms with van der Waals surface area (Å²) < 4.78 is 0. The topological polar surface area (TPSA) is 15.3 Å². The van der Waals surface area contributed by atoms with Crippen molar-refractivity contribution in [2.45, 2.75) is 6.04 Å². The molecule has 0 amide bonds. The number of hydrazine groups is 1. The van der Waals surface area contributed by atoms with Gasteiger partial charge in [0.05, 0.1) is 17.4 Å². The van der Waals surface area contributed by atoms with Crippen molar-refractivity contribution in [3.8, 4) is 0 Å². The first-order valence-electron chi connectivity index (χ1n) is 8.61. The van der Waals surface area contributed by atoms with Crippen molar-refractivity contribution in [2.24, 2.45) is 0 Å². The highest BCUT2D eigenvalue weighted by Crippen LogP contribution is 2.32. The Bertz CT molecular complexity index is 915. The summed E-state index contributed by atoms with van der Waals surface area (Å²) in [7, 11) is 0. The molecule has 0 fully saturated rings. The van der Waals surface area contributed by atoms with Gasteiger partial charge in [-0.05, 0) is 47.5 Å². The van der Waals surface area contributed by atoms with Gasteiger partial charge >= 0.3 is 0 Å². The molecular weight excluding hydrogens is 340 g/mol. The Balaban J connectivity index is 1.64. The maximum atomic E-state index is 6.05. The number of nitrogens with one attached hydrogen (secondary N) is 1. The second kappa shape index (κ2) is 7.51. The number of halogens is 1. The molecule has 1 aliphatic heterocycles. The minimum Gasteiger partial charge on any atom is -0.298 e. The molecule has 0 aliphatic carbocycles. The predicted molar refractivity (Wildman–Crippen MR) is 110 cm³/mol. The molecule has 0 saturated heterocycles. The molecule has 1 N–H and O–H groups in total. The maximum Gasteiger partial charge on any atom is 0.0958 e. The summed E-state index contributed by atoms with van der Waals surface area (Å²) in [5.41, 5.74) is 8.06. The number of hydrogen-bond acceptors (Lipinski definition) is 2. The number of benzene rings is 3. The van der Waals surface area contributed by atoms with Gasteiger partial charge in [0, 0.05) is 5.02 Å². The van der Waals surface area contributed by atoms with E-state index in [1.165, 1.54) is 11.1 Å². The van der Waals surface area contributed by atoms with Crippen LogP contribution in [0.25, 0.3) is 6.08 Å². The highest BCUT2D eigenvalue weighted by atomic mass is 35.5. The van der Waals surface area contributed by atoms with Crippen molar-refractivity contribution >= 4 is 23.4 Å². The lowest BCUT2D eigenvalue weighted by molar-refractivity contribution is 0.710. The van der Waals surface area contributed by atoms with Gasteiger partial charge < -0.3 is 0 Å². The average molecular weight is 359 g/mol. The van der Waals surface area contributed by atoms with E-state index in [9.17, 15) is 0 Å². The zero-order valence-electron chi connectivity index (χ0n) is 14.2. The van der Waals surface area contributed by atoms with Crippen LogP contribution in [0, 0.1) is 0 Å². The number of rotatable bonds is 4.